The van der Waals surface area contributed by atoms with Crippen molar-refractivity contribution in [1.82, 2.24) is 24.7 Å². The molecule has 1 aromatic carbocycles. The van der Waals surface area contributed by atoms with Gasteiger partial charge in [0.1, 0.15) is 29.9 Å². The van der Waals surface area contributed by atoms with Gasteiger partial charge < -0.3 is 14.7 Å². The van der Waals surface area contributed by atoms with Crippen LogP contribution >= 0.6 is 15.9 Å². The summed E-state index contributed by atoms with van der Waals surface area (Å²) in [6, 6.07) is 3.12. The van der Waals surface area contributed by atoms with Gasteiger partial charge in [-0.1, -0.05) is 6.07 Å². The number of hydrogen-bond acceptors (Lipinski definition) is 7. The molecule has 2 atom stereocenters. The van der Waals surface area contributed by atoms with E-state index in [0.29, 0.717) is 31.9 Å². The summed E-state index contributed by atoms with van der Waals surface area (Å²) < 4.78 is 36.6. The molecule has 1 aliphatic rings. The van der Waals surface area contributed by atoms with Crippen molar-refractivity contribution in [2.75, 3.05) is 18.0 Å². The van der Waals surface area contributed by atoms with E-state index in [0.717, 1.165) is 16.6 Å². The van der Waals surface area contributed by atoms with E-state index in [1.165, 1.54) is 23.4 Å². The van der Waals surface area contributed by atoms with E-state index in [9.17, 15) is 13.9 Å². The molecule has 1 aliphatic heterocycles. The monoisotopic (exact) mass is 508 g/mol. The fraction of sp³-hybridized carbons (Fsp3) is 0.429. The number of anilines is 1. The Morgan fingerprint density at radius 3 is 2.59 bits per heavy atom. The Morgan fingerprint density at radius 1 is 1.25 bits per heavy atom. The highest BCUT2D eigenvalue weighted by Gasteiger charge is 2.41. The summed E-state index contributed by atoms with van der Waals surface area (Å²) >= 11 is 3.33. The first-order valence-corrected chi connectivity index (χ1v) is 11.0. The zero-order valence-corrected chi connectivity index (χ0v) is 19.0. The highest BCUT2D eigenvalue weighted by atomic mass is 79.9. The largest absolute Gasteiger partial charge is 0.380 e. The molecule has 0 aliphatic carbocycles. The van der Waals surface area contributed by atoms with Gasteiger partial charge >= 0.3 is 0 Å². The van der Waals surface area contributed by atoms with E-state index in [1.54, 1.807) is 19.3 Å². The van der Waals surface area contributed by atoms with Gasteiger partial charge in [0.05, 0.1) is 23.2 Å². The summed E-state index contributed by atoms with van der Waals surface area (Å²) in [5, 5.41) is 15.6. The maximum absolute atomic E-state index is 14.7. The molecule has 1 fully saturated rings. The average molecular weight is 509 g/mol. The number of hydrogen-bond donors (Lipinski definition) is 1. The maximum Gasteiger partial charge on any atom is 0.225 e. The summed E-state index contributed by atoms with van der Waals surface area (Å²) in [6.45, 7) is 2.96. The van der Waals surface area contributed by atoms with Crippen LogP contribution in [0.1, 0.15) is 25.3 Å². The molecule has 0 amide bonds. The van der Waals surface area contributed by atoms with Gasteiger partial charge in [-0.3, -0.25) is 0 Å². The minimum absolute atomic E-state index is 0.0531. The number of aliphatic hydroxyl groups is 1. The molecule has 4 rings (SSSR count). The van der Waals surface area contributed by atoms with Crippen LogP contribution in [0.2, 0.25) is 0 Å². The summed E-state index contributed by atoms with van der Waals surface area (Å²) in [5.74, 6) is -0.911. The zero-order chi connectivity index (χ0) is 22.7. The third-order valence-electron chi connectivity index (χ3n) is 5.67. The molecule has 3 heterocycles. The lowest BCUT2D eigenvalue weighted by Gasteiger charge is -2.39. The van der Waals surface area contributed by atoms with Crippen molar-refractivity contribution in [2.45, 2.75) is 44.1 Å². The van der Waals surface area contributed by atoms with Crippen LogP contribution in [-0.4, -0.2) is 55.1 Å². The Kier molecular flexibility index (Phi) is 6.77. The van der Waals surface area contributed by atoms with Crippen LogP contribution in [0.5, 0.6) is 0 Å². The van der Waals surface area contributed by atoms with Crippen LogP contribution in [0.3, 0.4) is 0 Å². The Morgan fingerprint density at radius 2 is 1.97 bits per heavy atom. The SMILES string of the molecule is C[C@@H](OC1CCN(c2ncc(Br)cn2)CC1)[C@](O)(Cn1cncn1)c1ccc(F)cc1F. The van der Waals surface area contributed by atoms with Crippen LogP contribution in [0.4, 0.5) is 14.7 Å². The van der Waals surface area contributed by atoms with Crippen molar-refractivity contribution < 1.29 is 18.6 Å². The summed E-state index contributed by atoms with van der Waals surface area (Å²) in [7, 11) is 0. The van der Waals surface area contributed by atoms with Crippen LogP contribution in [0.15, 0.2) is 47.7 Å². The molecule has 1 N–H and O–H groups in total. The number of halogens is 3. The zero-order valence-electron chi connectivity index (χ0n) is 17.4. The first kappa shape index (κ1) is 22.7. The van der Waals surface area contributed by atoms with E-state index in [1.807, 2.05) is 0 Å². The molecule has 0 bridgehead atoms. The molecule has 0 saturated carbocycles. The van der Waals surface area contributed by atoms with Crippen molar-refractivity contribution in [3.8, 4) is 0 Å². The molecular formula is C21H23BrF2N6O2. The van der Waals surface area contributed by atoms with Gasteiger partial charge in [0.15, 0.2) is 0 Å². The lowest BCUT2D eigenvalue weighted by atomic mass is 9.87. The number of piperidine rings is 1. The minimum Gasteiger partial charge on any atom is -0.380 e. The fourth-order valence-electron chi connectivity index (χ4n) is 3.90. The second-order valence-corrected chi connectivity index (χ2v) is 8.72. The van der Waals surface area contributed by atoms with Crippen LogP contribution in [0.25, 0.3) is 0 Å². The Hall–Kier alpha value is -2.50. The van der Waals surface area contributed by atoms with E-state index >= 15 is 0 Å². The predicted molar refractivity (Wildman–Crippen MR) is 116 cm³/mol. The van der Waals surface area contributed by atoms with E-state index in [2.05, 4.69) is 40.9 Å². The maximum atomic E-state index is 14.7. The van der Waals surface area contributed by atoms with Crippen molar-refractivity contribution in [2.24, 2.45) is 0 Å². The molecule has 0 unspecified atom stereocenters. The van der Waals surface area contributed by atoms with Crippen molar-refractivity contribution in [3.63, 3.8) is 0 Å². The molecule has 170 valence electrons. The first-order chi connectivity index (χ1) is 15.3. The Balaban J connectivity index is 1.48. The molecular weight excluding hydrogens is 486 g/mol. The van der Waals surface area contributed by atoms with Gasteiger partial charge in [0.2, 0.25) is 5.95 Å². The third kappa shape index (κ3) is 4.94. The average Bonchev–Trinajstić information content (AvgIpc) is 3.27. The van der Waals surface area contributed by atoms with Gasteiger partial charge in [-0.2, -0.15) is 5.10 Å². The van der Waals surface area contributed by atoms with Gasteiger partial charge in [-0.05, 0) is 41.8 Å². The van der Waals surface area contributed by atoms with Gasteiger partial charge in [-0.15, -0.1) is 0 Å². The topological polar surface area (TPSA) is 89.2 Å². The molecule has 0 spiro atoms. The molecule has 32 heavy (non-hydrogen) atoms. The van der Waals surface area contributed by atoms with Crippen molar-refractivity contribution in [3.05, 3.63) is 64.9 Å². The number of benzene rings is 1. The predicted octanol–water partition coefficient (Wildman–Crippen LogP) is 3.07. The van der Waals surface area contributed by atoms with Crippen molar-refractivity contribution >= 4 is 21.9 Å². The molecule has 11 heteroatoms. The molecule has 2 aromatic heterocycles. The fourth-order valence-corrected chi connectivity index (χ4v) is 4.10. The second kappa shape index (κ2) is 9.55. The van der Waals surface area contributed by atoms with Gasteiger partial charge in [-0.25, -0.2) is 28.4 Å². The number of ether oxygens (including phenoxy) is 1. The summed E-state index contributed by atoms with van der Waals surface area (Å²) in [5.41, 5.74) is -1.83. The lowest BCUT2D eigenvalue weighted by Crippen LogP contribution is -2.47. The number of aromatic nitrogens is 5. The minimum atomic E-state index is -1.78. The number of rotatable bonds is 7. The number of nitrogens with zero attached hydrogens (tertiary/aromatic N) is 6. The van der Waals surface area contributed by atoms with Crippen LogP contribution in [-0.2, 0) is 16.9 Å². The molecule has 0 radical (unpaired) electrons. The highest BCUT2D eigenvalue weighted by Crippen LogP contribution is 2.33. The van der Waals surface area contributed by atoms with Crippen LogP contribution < -0.4 is 4.90 Å². The Labute approximate surface area is 192 Å². The molecule has 3 aromatic rings. The van der Waals surface area contributed by atoms with Crippen molar-refractivity contribution in [1.29, 1.82) is 0 Å². The first-order valence-electron chi connectivity index (χ1n) is 10.2. The molecule has 8 nitrogen and oxygen atoms in total. The van der Waals surface area contributed by atoms with E-state index < -0.39 is 23.3 Å². The summed E-state index contributed by atoms with van der Waals surface area (Å²) in [4.78, 5) is 14.6. The standard InChI is InChI=1S/C21H23BrF2N6O2/c1-14(32-17-4-6-29(7-5-17)20-26-9-15(22)10-27-20)21(31,11-30-13-25-12-28-30)18-3-2-16(23)8-19(18)24/h2-3,8-10,12-14,17,31H,4-7,11H2,1H3/t14-,21-/m1/s1. The third-order valence-corrected chi connectivity index (χ3v) is 6.08. The Bertz CT molecular complexity index is 1030. The molecule has 1 saturated heterocycles. The smallest absolute Gasteiger partial charge is 0.225 e. The highest BCUT2D eigenvalue weighted by molar-refractivity contribution is 9.10. The normalized spacial score (nSPS) is 17.8. The quantitative estimate of drug-likeness (QED) is 0.524. The summed E-state index contributed by atoms with van der Waals surface area (Å²) in [6.07, 6.45) is 6.59. The van der Waals surface area contributed by atoms with Gasteiger partial charge in [0.25, 0.3) is 0 Å². The van der Waals surface area contributed by atoms with E-state index in [-0.39, 0.29) is 18.2 Å². The van der Waals surface area contributed by atoms with Gasteiger partial charge in [0, 0.05) is 37.1 Å². The second-order valence-electron chi connectivity index (χ2n) is 7.81. The lowest BCUT2D eigenvalue weighted by molar-refractivity contribution is -0.145. The van der Waals surface area contributed by atoms with Crippen LogP contribution in [0, 0.1) is 11.6 Å². The van der Waals surface area contributed by atoms with E-state index in [4.69, 9.17) is 4.74 Å².